The van der Waals surface area contributed by atoms with Gasteiger partial charge >= 0.3 is 12.0 Å². The van der Waals surface area contributed by atoms with E-state index in [4.69, 9.17) is 9.15 Å². The van der Waals surface area contributed by atoms with E-state index in [-0.39, 0.29) is 23.8 Å². The topological polar surface area (TPSA) is 127 Å². The van der Waals surface area contributed by atoms with E-state index in [0.29, 0.717) is 17.2 Å². The smallest absolute Gasteiger partial charge is 0.339 e. The first-order valence-corrected chi connectivity index (χ1v) is 9.74. The molecule has 29 heavy (non-hydrogen) atoms. The van der Waals surface area contributed by atoms with Crippen LogP contribution in [-0.2, 0) is 20.9 Å². The molecule has 1 aromatic heterocycles. The van der Waals surface area contributed by atoms with Gasteiger partial charge in [-0.15, -0.1) is 11.8 Å². The number of benzene rings is 1. The number of thioether (sulfide) groups is 1. The molecule has 10 heteroatoms. The fourth-order valence-corrected chi connectivity index (χ4v) is 3.00. The Hall–Kier alpha value is -3.27. The van der Waals surface area contributed by atoms with Crippen LogP contribution in [0.25, 0.3) is 0 Å². The Bertz CT molecular complexity index is 853. The highest BCUT2D eigenvalue weighted by Gasteiger charge is 2.16. The molecule has 0 saturated heterocycles. The zero-order valence-electron chi connectivity index (χ0n) is 15.7. The molecule has 1 aromatic carbocycles. The van der Waals surface area contributed by atoms with Crippen molar-refractivity contribution in [2.45, 2.75) is 18.4 Å². The van der Waals surface area contributed by atoms with E-state index in [1.165, 1.54) is 12.3 Å². The second-order valence-corrected chi connectivity index (χ2v) is 6.64. The van der Waals surface area contributed by atoms with Crippen LogP contribution >= 0.6 is 11.8 Å². The number of hydrogen-bond acceptors (Lipinski definition) is 7. The van der Waals surface area contributed by atoms with Crippen LogP contribution in [0.15, 0.2) is 52.0 Å². The van der Waals surface area contributed by atoms with Crippen LogP contribution in [0.4, 0.5) is 4.79 Å². The number of carbonyl (C=O) groups is 4. The Morgan fingerprint density at radius 3 is 2.55 bits per heavy atom. The first-order chi connectivity index (χ1) is 14.0. The van der Waals surface area contributed by atoms with Gasteiger partial charge in [0.1, 0.15) is 5.76 Å². The van der Waals surface area contributed by atoms with Gasteiger partial charge in [0.2, 0.25) is 5.91 Å². The van der Waals surface area contributed by atoms with Crippen LogP contribution in [0.2, 0.25) is 0 Å². The van der Waals surface area contributed by atoms with Crippen molar-refractivity contribution in [2.24, 2.45) is 0 Å². The van der Waals surface area contributed by atoms with Crippen LogP contribution < -0.4 is 16.0 Å². The van der Waals surface area contributed by atoms with Gasteiger partial charge in [-0.1, -0.05) is 12.1 Å². The highest BCUT2D eigenvalue weighted by atomic mass is 32.2. The Morgan fingerprint density at radius 1 is 1.03 bits per heavy atom. The monoisotopic (exact) mass is 419 g/mol. The van der Waals surface area contributed by atoms with Gasteiger partial charge in [-0.3, -0.25) is 14.9 Å². The molecular formula is C19H21N3O6S. The third-order valence-electron chi connectivity index (χ3n) is 3.43. The normalized spacial score (nSPS) is 10.1. The molecule has 154 valence electrons. The summed E-state index contributed by atoms with van der Waals surface area (Å²) in [5, 5.41) is 7.14. The van der Waals surface area contributed by atoms with Crippen LogP contribution in [0.5, 0.6) is 0 Å². The number of esters is 1. The lowest BCUT2D eigenvalue weighted by molar-refractivity contribution is -0.123. The third kappa shape index (κ3) is 7.70. The van der Waals surface area contributed by atoms with Crippen molar-refractivity contribution in [1.82, 2.24) is 16.0 Å². The van der Waals surface area contributed by atoms with E-state index in [1.54, 1.807) is 37.3 Å². The first-order valence-electron chi connectivity index (χ1n) is 8.75. The minimum Gasteiger partial charge on any atom is -0.467 e. The molecule has 9 nitrogen and oxygen atoms in total. The van der Waals surface area contributed by atoms with Crippen molar-refractivity contribution in [3.8, 4) is 0 Å². The maximum Gasteiger partial charge on any atom is 0.339 e. The number of hydrogen-bond donors (Lipinski definition) is 3. The van der Waals surface area contributed by atoms with Crippen molar-refractivity contribution in [3.63, 3.8) is 0 Å². The molecule has 0 aliphatic rings. The number of ether oxygens (including phenoxy) is 1. The van der Waals surface area contributed by atoms with E-state index in [1.807, 2.05) is 5.32 Å². The molecule has 0 spiro atoms. The van der Waals surface area contributed by atoms with Crippen LogP contribution in [0.1, 0.15) is 23.0 Å². The summed E-state index contributed by atoms with van der Waals surface area (Å²) in [4.78, 5) is 47.7. The lowest BCUT2D eigenvalue weighted by atomic mass is 10.2. The molecule has 0 fully saturated rings. The minimum atomic E-state index is -0.744. The van der Waals surface area contributed by atoms with Gasteiger partial charge in [-0.05, 0) is 31.2 Å². The molecule has 0 saturated carbocycles. The number of carbonyl (C=O) groups excluding carboxylic acids is 4. The van der Waals surface area contributed by atoms with Gasteiger partial charge in [-0.25, -0.2) is 9.59 Å². The average Bonchev–Trinajstić information content (AvgIpc) is 3.23. The summed E-state index contributed by atoms with van der Waals surface area (Å²) in [7, 11) is 0. The molecule has 2 aromatic rings. The zero-order chi connectivity index (χ0) is 21.1. The zero-order valence-corrected chi connectivity index (χ0v) is 16.5. The summed E-state index contributed by atoms with van der Waals surface area (Å²) in [6.07, 6.45) is 1.52. The fourth-order valence-electron chi connectivity index (χ4n) is 2.13. The van der Waals surface area contributed by atoms with E-state index in [0.717, 1.165) is 11.8 Å². The van der Waals surface area contributed by atoms with E-state index >= 15 is 0 Å². The number of nitrogens with one attached hydrogen (secondary N) is 3. The largest absolute Gasteiger partial charge is 0.467 e. The number of amides is 4. The lowest BCUT2D eigenvalue weighted by Gasteiger charge is -2.10. The molecule has 0 aliphatic heterocycles. The predicted octanol–water partition coefficient (Wildman–Crippen LogP) is 1.69. The van der Waals surface area contributed by atoms with Gasteiger partial charge in [-0.2, -0.15) is 0 Å². The van der Waals surface area contributed by atoms with E-state index in [9.17, 15) is 19.2 Å². The SMILES string of the molecule is CCNC(=O)NC(=O)COC(=O)c1ccccc1SCC(=O)NCc1ccco1. The molecule has 0 atom stereocenters. The molecule has 0 bridgehead atoms. The fraction of sp³-hybridized carbons (Fsp3) is 0.263. The lowest BCUT2D eigenvalue weighted by Crippen LogP contribution is -2.41. The Kier molecular flexibility index (Phi) is 8.77. The number of furan rings is 1. The second-order valence-electron chi connectivity index (χ2n) is 5.62. The van der Waals surface area contributed by atoms with E-state index in [2.05, 4.69) is 10.6 Å². The van der Waals surface area contributed by atoms with Gasteiger partial charge in [0, 0.05) is 11.4 Å². The summed E-state index contributed by atoms with van der Waals surface area (Å²) in [5.41, 5.74) is 0.224. The van der Waals surface area contributed by atoms with Gasteiger partial charge in [0.25, 0.3) is 5.91 Å². The molecular weight excluding hydrogens is 398 g/mol. The summed E-state index contributed by atoms with van der Waals surface area (Å²) >= 11 is 1.16. The maximum absolute atomic E-state index is 12.3. The first kappa shape index (κ1) is 22.0. The summed E-state index contributed by atoms with van der Waals surface area (Å²) in [5.74, 6) is -0.973. The standard InChI is InChI=1S/C19H21N3O6S/c1-2-20-19(26)22-16(23)11-28-18(25)14-7-3-4-8-15(14)29-12-17(24)21-10-13-6-5-9-27-13/h3-9H,2,10-12H2,1H3,(H,21,24)(H2,20,22,23,26). The molecule has 3 N–H and O–H groups in total. The molecule has 2 rings (SSSR count). The van der Waals surface area contributed by atoms with Gasteiger partial charge < -0.3 is 19.8 Å². The number of urea groups is 1. The summed E-state index contributed by atoms with van der Waals surface area (Å²) in [6, 6.07) is 9.40. The molecule has 0 aliphatic carbocycles. The van der Waals surface area contributed by atoms with E-state index < -0.39 is 24.5 Å². The van der Waals surface area contributed by atoms with Crippen molar-refractivity contribution in [2.75, 3.05) is 18.9 Å². The highest BCUT2D eigenvalue weighted by molar-refractivity contribution is 8.00. The van der Waals surface area contributed by atoms with Crippen LogP contribution in [0.3, 0.4) is 0 Å². The molecule has 0 radical (unpaired) electrons. The number of rotatable bonds is 9. The average molecular weight is 419 g/mol. The predicted molar refractivity (Wildman–Crippen MR) is 105 cm³/mol. The van der Waals surface area contributed by atoms with Crippen molar-refractivity contribution >= 4 is 35.6 Å². The van der Waals surface area contributed by atoms with Gasteiger partial charge in [0.15, 0.2) is 6.61 Å². The number of imide groups is 1. The Labute approximate surface area is 171 Å². The van der Waals surface area contributed by atoms with Crippen LogP contribution in [-0.4, -0.2) is 42.7 Å². The summed E-state index contributed by atoms with van der Waals surface area (Å²) in [6.45, 7) is 1.74. The van der Waals surface area contributed by atoms with Crippen LogP contribution in [0, 0.1) is 0 Å². The van der Waals surface area contributed by atoms with Crippen molar-refractivity contribution in [1.29, 1.82) is 0 Å². The van der Waals surface area contributed by atoms with Crippen molar-refractivity contribution < 1.29 is 28.3 Å². The Morgan fingerprint density at radius 2 is 1.83 bits per heavy atom. The third-order valence-corrected chi connectivity index (χ3v) is 4.50. The maximum atomic E-state index is 12.3. The Balaban J connectivity index is 1.83. The van der Waals surface area contributed by atoms with Crippen molar-refractivity contribution in [3.05, 3.63) is 54.0 Å². The summed E-state index contributed by atoms with van der Waals surface area (Å²) < 4.78 is 10.1. The molecule has 1 heterocycles. The highest BCUT2D eigenvalue weighted by Crippen LogP contribution is 2.23. The quantitative estimate of drug-likeness (QED) is 0.417. The molecule has 4 amide bonds. The minimum absolute atomic E-state index is 0.0860. The second kappa shape index (κ2) is 11.5. The molecule has 0 unspecified atom stereocenters. The van der Waals surface area contributed by atoms with Gasteiger partial charge in [0.05, 0.1) is 24.1 Å².